The summed E-state index contributed by atoms with van der Waals surface area (Å²) in [6.07, 6.45) is 0. The maximum absolute atomic E-state index is 13.0. The van der Waals surface area contributed by atoms with Crippen LogP contribution in [0.4, 0.5) is 10.1 Å². The van der Waals surface area contributed by atoms with Gasteiger partial charge < -0.3 is 15.7 Å². The lowest BCUT2D eigenvalue weighted by Gasteiger charge is -2.32. The van der Waals surface area contributed by atoms with E-state index in [0.717, 1.165) is 0 Å². The lowest BCUT2D eigenvalue weighted by atomic mass is 10.2. The molecule has 1 unspecified atom stereocenters. The zero-order valence-electron chi connectivity index (χ0n) is 10.8. The van der Waals surface area contributed by atoms with Gasteiger partial charge in [0.2, 0.25) is 5.91 Å². The Morgan fingerprint density at radius 2 is 2.30 bits per heavy atom. The molecule has 1 atom stereocenters. The first-order chi connectivity index (χ1) is 9.56. The summed E-state index contributed by atoms with van der Waals surface area (Å²) in [5.74, 6) is -1.76. The van der Waals surface area contributed by atoms with Gasteiger partial charge in [0.1, 0.15) is 11.9 Å². The fourth-order valence-corrected chi connectivity index (χ4v) is 2.13. The molecule has 0 saturated carbocycles. The van der Waals surface area contributed by atoms with Crippen molar-refractivity contribution in [1.29, 1.82) is 0 Å². The van der Waals surface area contributed by atoms with Gasteiger partial charge in [0.25, 0.3) is 0 Å². The van der Waals surface area contributed by atoms with Gasteiger partial charge in [-0.1, -0.05) is 6.07 Å². The topological polar surface area (TPSA) is 81.7 Å². The number of rotatable bonds is 4. The van der Waals surface area contributed by atoms with E-state index < -0.39 is 17.8 Å². The molecule has 1 aliphatic rings. The van der Waals surface area contributed by atoms with Crippen LogP contribution in [-0.2, 0) is 9.59 Å². The molecule has 0 bridgehead atoms. The molecule has 1 heterocycles. The predicted molar refractivity (Wildman–Crippen MR) is 70.9 cm³/mol. The summed E-state index contributed by atoms with van der Waals surface area (Å²) in [5.41, 5.74) is 0.358. The zero-order chi connectivity index (χ0) is 14.5. The van der Waals surface area contributed by atoms with Gasteiger partial charge in [-0.15, -0.1) is 0 Å². The summed E-state index contributed by atoms with van der Waals surface area (Å²) in [7, 11) is 0. The monoisotopic (exact) mass is 281 g/mol. The first kappa shape index (κ1) is 14.4. The summed E-state index contributed by atoms with van der Waals surface area (Å²) >= 11 is 0. The minimum absolute atomic E-state index is 0.0326. The van der Waals surface area contributed by atoms with Crippen LogP contribution >= 0.6 is 0 Å². The van der Waals surface area contributed by atoms with Crippen LogP contribution < -0.4 is 10.6 Å². The Labute approximate surface area is 115 Å². The maximum atomic E-state index is 13.0. The highest BCUT2D eigenvalue weighted by molar-refractivity contribution is 5.92. The van der Waals surface area contributed by atoms with Crippen molar-refractivity contribution in [3.63, 3.8) is 0 Å². The van der Waals surface area contributed by atoms with Gasteiger partial charge in [0.15, 0.2) is 0 Å². The van der Waals surface area contributed by atoms with Crippen LogP contribution in [0.5, 0.6) is 0 Å². The third-order valence-electron chi connectivity index (χ3n) is 3.09. The van der Waals surface area contributed by atoms with Crippen LogP contribution in [0.15, 0.2) is 24.3 Å². The molecule has 0 aliphatic carbocycles. The molecule has 7 heteroatoms. The van der Waals surface area contributed by atoms with E-state index in [2.05, 4.69) is 10.6 Å². The molecular weight excluding hydrogens is 265 g/mol. The van der Waals surface area contributed by atoms with E-state index in [4.69, 9.17) is 5.11 Å². The van der Waals surface area contributed by atoms with Crippen LogP contribution in [0.2, 0.25) is 0 Å². The van der Waals surface area contributed by atoms with Crippen molar-refractivity contribution in [3.8, 4) is 0 Å². The number of carboxylic acids is 1. The summed E-state index contributed by atoms with van der Waals surface area (Å²) in [5, 5.41) is 14.6. The number of piperazine rings is 1. The predicted octanol–water partition coefficient (Wildman–Crippen LogP) is 0.123. The number of carboxylic acid groups (broad SMARTS) is 1. The Bertz CT molecular complexity index is 509. The van der Waals surface area contributed by atoms with Crippen LogP contribution in [0.3, 0.4) is 0 Å². The molecular formula is C13H16FN3O3. The van der Waals surface area contributed by atoms with Gasteiger partial charge in [-0.25, -0.2) is 4.39 Å². The number of nitrogens with one attached hydrogen (secondary N) is 2. The fraction of sp³-hybridized carbons (Fsp3) is 0.385. The van der Waals surface area contributed by atoms with Gasteiger partial charge in [-0.2, -0.15) is 0 Å². The van der Waals surface area contributed by atoms with Crippen LogP contribution in [0.1, 0.15) is 0 Å². The largest absolute Gasteiger partial charge is 0.480 e. The number of aliphatic carboxylic acids is 1. The molecule has 2 rings (SSSR count). The van der Waals surface area contributed by atoms with E-state index in [0.29, 0.717) is 25.3 Å². The van der Waals surface area contributed by atoms with Crippen molar-refractivity contribution in [1.82, 2.24) is 10.2 Å². The van der Waals surface area contributed by atoms with Crippen LogP contribution in [0.25, 0.3) is 0 Å². The zero-order valence-corrected chi connectivity index (χ0v) is 10.8. The van der Waals surface area contributed by atoms with E-state index in [1.807, 2.05) is 0 Å². The normalized spacial score (nSPS) is 19.6. The number of anilines is 1. The average molecular weight is 281 g/mol. The molecule has 6 nitrogen and oxygen atoms in total. The molecule has 0 radical (unpaired) electrons. The van der Waals surface area contributed by atoms with Crippen molar-refractivity contribution < 1.29 is 19.1 Å². The summed E-state index contributed by atoms with van der Waals surface area (Å²) < 4.78 is 13.0. The highest BCUT2D eigenvalue weighted by Gasteiger charge is 2.29. The molecule has 20 heavy (non-hydrogen) atoms. The standard InChI is InChI=1S/C13H16FN3O3/c14-9-2-1-3-10(6-9)16-12(18)8-17-5-4-15-7-11(17)13(19)20/h1-3,6,11,15H,4-5,7-8H2,(H,16,18)(H,19,20). The first-order valence-corrected chi connectivity index (χ1v) is 6.29. The number of halogens is 1. The minimum Gasteiger partial charge on any atom is -0.480 e. The van der Waals surface area contributed by atoms with Crippen molar-refractivity contribution in [2.24, 2.45) is 0 Å². The van der Waals surface area contributed by atoms with Crippen LogP contribution in [0, 0.1) is 5.82 Å². The Balaban J connectivity index is 1.94. The second kappa shape index (κ2) is 6.44. The third-order valence-corrected chi connectivity index (χ3v) is 3.09. The van der Waals surface area contributed by atoms with Gasteiger partial charge in [-0.3, -0.25) is 14.5 Å². The second-order valence-electron chi connectivity index (χ2n) is 4.59. The van der Waals surface area contributed by atoms with E-state index in [-0.39, 0.29) is 12.5 Å². The number of carbonyl (C=O) groups is 2. The SMILES string of the molecule is O=C(CN1CCNCC1C(=O)O)Nc1cccc(F)c1. The summed E-state index contributed by atoms with van der Waals surface area (Å²) in [6.45, 7) is 1.39. The third kappa shape index (κ3) is 3.75. The number of benzene rings is 1. The molecule has 1 aromatic rings. The molecule has 3 N–H and O–H groups in total. The van der Waals surface area contributed by atoms with Crippen molar-refractivity contribution in [2.75, 3.05) is 31.5 Å². The molecule has 0 aromatic heterocycles. The first-order valence-electron chi connectivity index (χ1n) is 6.29. The molecule has 1 fully saturated rings. The number of hydrogen-bond acceptors (Lipinski definition) is 4. The highest BCUT2D eigenvalue weighted by atomic mass is 19.1. The van der Waals surface area contributed by atoms with Gasteiger partial charge in [0.05, 0.1) is 6.54 Å². The molecule has 1 aliphatic heterocycles. The fourth-order valence-electron chi connectivity index (χ4n) is 2.13. The lowest BCUT2D eigenvalue weighted by molar-refractivity contribution is -0.144. The second-order valence-corrected chi connectivity index (χ2v) is 4.59. The molecule has 1 saturated heterocycles. The number of nitrogens with zero attached hydrogens (tertiary/aromatic N) is 1. The highest BCUT2D eigenvalue weighted by Crippen LogP contribution is 2.10. The average Bonchev–Trinajstić information content (AvgIpc) is 2.38. The quantitative estimate of drug-likeness (QED) is 0.730. The van der Waals surface area contributed by atoms with Gasteiger partial charge >= 0.3 is 5.97 Å². The number of hydrogen-bond donors (Lipinski definition) is 3. The summed E-state index contributed by atoms with van der Waals surface area (Å²) in [6, 6.07) is 4.85. The van der Waals surface area contributed by atoms with E-state index >= 15 is 0 Å². The maximum Gasteiger partial charge on any atom is 0.322 e. The van der Waals surface area contributed by atoms with Gasteiger partial charge in [-0.05, 0) is 18.2 Å². The number of carbonyl (C=O) groups excluding carboxylic acids is 1. The van der Waals surface area contributed by atoms with E-state index in [1.165, 1.54) is 18.2 Å². The number of amides is 1. The van der Waals surface area contributed by atoms with Crippen molar-refractivity contribution >= 4 is 17.6 Å². The minimum atomic E-state index is -0.962. The Kier molecular flexibility index (Phi) is 4.65. The van der Waals surface area contributed by atoms with Crippen molar-refractivity contribution in [2.45, 2.75) is 6.04 Å². The molecule has 0 spiro atoms. The van der Waals surface area contributed by atoms with E-state index in [9.17, 15) is 14.0 Å². The van der Waals surface area contributed by atoms with Gasteiger partial charge in [0, 0.05) is 25.3 Å². The molecule has 1 aromatic carbocycles. The Morgan fingerprint density at radius 3 is 3.00 bits per heavy atom. The van der Waals surface area contributed by atoms with Crippen LogP contribution in [-0.4, -0.2) is 54.1 Å². The lowest BCUT2D eigenvalue weighted by Crippen LogP contribution is -2.56. The Hall–Kier alpha value is -1.99. The Morgan fingerprint density at radius 1 is 1.50 bits per heavy atom. The molecule has 1 amide bonds. The molecule has 108 valence electrons. The van der Waals surface area contributed by atoms with E-state index in [1.54, 1.807) is 11.0 Å². The summed E-state index contributed by atoms with van der Waals surface area (Å²) in [4.78, 5) is 24.5. The van der Waals surface area contributed by atoms with Crippen molar-refractivity contribution in [3.05, 3.63) is 30.1 Å². The smallest absolute Gasteiger partial charge is 0.322 e.